The zero-order chi connectivity index (χ0) is 21.1. The first-order chi connectivity index (χ1) is 14.1. The lowest BCUT2D eigenvalue weighted by molar-refractivity contribution is 0.105. The average molecular weight is 535 g/mol. The summed E-state index contributed by atoms with van der Waals surface area (Å²) in [6.07, 6.45) is 6.17. The van der Waals surface area contributed by atoms with Crippen LogP contribution in [-0.4, -0.2) is 54.1 Å². The summed E-state index contributed by atoms with van der Waals surface area (Å²) in [5.41, 5.74) is 1.27. The van der Waals surface area contributed by atoms with E-state index in [1.807, 2.05) is 19.1 Å². The largest absolute Gasteiger partial charge is 0.493 e. The molecule has 1 aromatic carbocycles. The lowest BCUT2D eigenvalue weighted by atomic mass is 9.83. The second-order valence-electron chi connectivity index (χ2n) is 7.43. The van der Waals surface area contributed by atoms with Crippen LogP contribution in [0.2, 0.25) is 0 Å². The Hall–Kier alpha value is -1.42. The smallest absolute Gasteiger partial charge is 0.203 e. The van der Waals surface area contributed by atoms with Crippen LogP contribution in [0.1, 0.15) is 44.6 Å². The minimum atomic E-state index is 0. The Morgan fingerprint density at radius 2 is 1.73 bits per heavy atom. The molecule has 0 amide bonds. The van der Waals surface area contributed by atoms with Gasteiger partial charge in [-0.25, -0.2) is 0 Å². The van der Waals surface area contributed by atoms with Crippen LogP contribution in [0, 0.1) is 5.41 Å². The van der Waals surface area contributed by atoms with Crippen molar-refractivity contribution in [2.45, 2.75) is 45.6 Å². The van der Waals surface area contributed by atoms with Crippen molar-refractivity contribution < 1.29 is 18.9 Å². The molecule has 1 fully saturated rings. The fourth-order valence-corrected chi connectivity index (χ4v) is 4.05. The fourth-order valence-electron chi connectivity index (χ4n) is 4.05. The van der Waals surface area contributed by atoms with Crippen molar-refractivity contribution >= 4 is 29.9 Å². The molecule has 0 radical (unpaired) electrons. The molecule has 0 saturated heterocycles. The predicted octanol–water partition coefficient (Wildman–Crippen LogP) is 3.98. The molecule has 1 saturated carbocycles. The first-order valence-electron chi connectivity index (χ1n) is 10.4. The summed E-state index contributed by atoms with van der Waals surface area (Å²) in [7, 11) is 6.66. The Morgan fingerprint density at radius 3 is 2.30 bits per heavy atom. The number of ether oxygens (including phenoxy) is 4. The van der Waals surface area contributed by atoms with Crippen LogP contribution in [0.5, 0.6) is 17.2 Å². The monoisotopic (exact) mass is 535 g/mol. The van der Waals surface area contributed by atoms with E-state index in [4.69, 9.17) is 18.9 Å². The molecule has 0 bridgehead atoms. The molecule has 30 heavy (non-hydrogen) atoms. The molecule has 0 aromatic heterocycles. The number of hydrogen-bond acceptors (Lipinski definition) is 5. The number of rotatable bonds is 11. The van der Waals surface area contributed by atoms with E-state index in [-0.39, 0.29) is 24.0 Å². The van der Waals surface area contributed by atoms with Crippen molar-refractivity contribution in [1.29, 1.82) is 0 Å². The van der Waals surface area contributed by atoms with Crippen molar-refractivity contribution in [2.24, 2.45) is 10.4 Å². The third-order valence-electron chi connectivity index (χ3n) is 5.73. The van der Waals surface area contributed by atoms with Gasteiger partial charge < -0.3 is 29.6 Å². The van der Waals surface area contributed by atoms with Crippen LogP contribution in [0.25, 0.3) is 0 Å². The van der Waals surface area contributed by atoms with E-state index in [1.165, 1.54) is 25.7 Å². The molecule has 2 N–H and O–H groups in total. The van der Waals surface area contributed by atoms with E-state index in [0.717, 1.165) is 37.7 Å². The summed E-state index contributed by atoms with van der Waals surface area (Å²) in [6.45, 7) is 5.12. The summed E-state index contributed by atoms with van der Waals surface area (Å²) in [5, 5.41) is 6.91. The van der Waals surface area contributed by atoms with Crippen LogP contribution < -0.4 is 24.8 Å². The molecular weight excluding hydrogens is 497 g/mol. The molecule has 172 valence electrons. The number of benzene rings is 1. The molecule has 8 heteroatoms. The maximum atomic E-state index is 5.62. The minimum absolute atomic E-state index is 0. The normalized spacial score (nSPS) is 15.3. The number of nitrogens with one attached hydrogen (secondary N) is 2. The maximum absolute atomic E-state index is 5.62. The van der Waals surface area contributed by atoms with Crippen LogP contribution in [0.4, 0.5) is 0 Å². The molecule has 1 aliphatic rings. The van der Waals surface area contributed by atoms with Gasteiger partial charge in [0.05, 0.1) is 21.3 Å². The van der Waals surface area contributed by atoms with Gasteiger partial charge in [-0.05, 0) is 43.7 Å². The number of guanidine groups is 1. The summed E-state index contributed by atoms with van der Waals surface area (Å²) < 4.78 is 22.0. The average Bonchev–Trinajstić information content (AvgIpc) is 3.22. The van der Waals surface area contributed by atoms with Crippen LogP contribution in [0.15, 0.2) is 17.1 Å². The highest BCUT2D eigenvalue weighted by Crippen LogP contribution is 2.41. The van der Waals surface area contributed by atoms with Gasteiger partial charge in [0.25, 0.3) is 0 Å². The number of halogens is 1. The van der Waals surface area contributed by atoms with Gasteiger partial charge in [-0.3, -0.25) is 4.99 Å². The van der Waals surface area contributed by atoms with Crippen molar-refractivity contribution in [3.05, 3.63) is 17.7 Å². The first kappa shape index (κ1) is 26.6. The van der Waals surface area contributed by atoms with Crippen molar-refractivity contribution in [3.63, 3.8) is 0 Å². The second-order valence-corrected chi connectivity index (χ2v) is 7.43. The highest BCUT2D eigenvalue weighted by atomic mass is 127. The molecule has 0 spiro atoms. The number of hydrogen-bond donors (Lipinski definition) is 2. The summed E-state index contributed by atoms with van der Waals surface area (Å²) in [5.74, 6) is 2.69. The van der Waals surface area contributed by atoms with E-state index in [9.17, 15) is 0 Å². The molecule has 0 aliphatic heterocycles. The van der Waals surface area contributed by atoms with Gasteiger partial charge in [0, 0.05) is 38.9 Å². The molecule has 7 nitrogen and oxygen atoms in total. The Bertz CT molecular complexity index is 664. The number of nitrogens with zero attached hydrogens (tertiary/aromatic N) is 1. The van der Waals surface area contributed by atoms with Crippen molar-refractivity contribution in [1.82, 2.24) is 10.6 Å². The Labute approximate surface area is 198 Å². The standard InChI is InChI=1S/C22H37N3O4.HI/c1-6-29-14-13-22(11-7-8-12-22)16-25-21(23-2)24-15-17-9-10-18(26-3)20(28-5)19(17)27-4;/h9-10H,6-8,11-16H2,1-5H3,(H2,23,24,25);1H. The van der Waals surface area contributed by atoms with Gasteiger partial charge in [0.1, 0.15) is 0 Å². The topological polar surface area (TPSA) is 73.3 Å². The fraction of sp³-hybridized carbons (Fsp3) is 0.682. The Balaban J connectivity index is 0.00000450. The summed E-state index contributed by atoms with van der Waals surface area (Å²) >= 11 is 0. The van der Waals surface area contributed by atoms with Gasteiger partial charge in [0.15, 0.2) is 17.5 Å². The molecule has 1 aliphatic carbocycles. The van der Waals surface area contributed by atoms with E-state index in [1.54, 1.807) is 28.4 Å². The van der Waals surface area contributed by atoms with Crippen LogP contribution in [-0.2, 0) is 11.3 Å². The number of aliphatic imine (C=N–C) groups is 1. The molecule has 1 aromatic rings. The van der Waals surface area contributed by atoms with Crippen LogP contribution >= 0.6 is 24.0 Å². The highest BCUT2D eigenvalue weighted by molar-refractivity contribution is 14.0. The molecule has 0 atom stereocenters. The SMILES string of the molecule is CCOCCC1(CNC(=NC)NCc2ccc(OC)c(OC)c2OC)CCCC1.I. The molecule has 0 heterocycles. The molecule has 2 rings (SSSR count). The zero-order valence-corrected chi connectivity index (χ0v) is 21.3. The Kier molecular flexibility index (Phi) is 12.2. The lowest BCUT2D eigenvalue weighted by Crippen LogP contribution is -2.43. The predicted molar refractivity (Wildman–Crippen MR) is 132 cm³/mol. The van der Waals surface area contributed by atoms with Gasteiger partial charge in [-0.1, -0.05) is 12.8 Å². The van der Waals surface area contributed by atoms with Gasteiger partial charge in [0.2, 0.25) is 5.75 Å². The minimum Gasteiger partial charge on any atom is -0.493 e. The molecular formula is C22H38IN3O4. The van der Waals surface area contributed by atoms with E-state index < -0.39 is 0 Å². The first-order valence-corrected chi connectivity index (χ1v) is 10.4. The van der Waals surface area contributed by atoms with Gasteiger partial charge in [-0.2, -0.15) is 0 Å². The highest BCUT2D eigenvalue weighted by Gasteiger charge is 2.33. The number of methoxy groups -OCH3 is 3. The van der Waals surface area contributed by atoms with Crippen molar-refractivity contribution in [3.8, 4) is 17.2 Å². The third kappa shape index (κ3) is 7.08. The van der Waals surface area contributed by atoms with Crippen LogP contribution in [0.3, 0.4) is 0 Å². The Morgan fingerprint density at radius 1 is 1.03 bits per heavy atom. The quantitative estimate of drug-likeness (QED) is 0.193. The zero-order valence-electron chi connectivity index (χ0n) is 19.0. The maximum Gasteiger partial charge on any atom is 0.203 e. The summed E-state index contributed by atoms with van der Waals surface area (Å²) in [4.78, 5) is 4.39. The van der Waals surface area contributed by atoms with Crippen molar-refractivity contribution in [2.75, 3.05) is 48.1 Å². The summed E-state index contributed by atoms with van der Waals surface area (Å²) in [6, 6.07) is 3.86. The molecule has 0 unspecified atom stereocenters. The lowest BCUT2D eigenvalue weighted by Gasteiger charge is -2.30. The second kappa shape index (κ2) is 13.8. The van der Waals surface area contributed by atoms with E-state index in [2.05, 4.69) is 15.6 Å². The van der Waals surface area contributed by atoms with Gasteiger partial charge >= 0.3 is 0 Å². The van der Waals surface area contributed by atoms with E-state index in [0.29, 0.717) is 29.2 Å². The third-order valence-corrected chi connectivity index (χ3v) is 5.73. The van der Waals surface area contributed by atoms with E-state index >= 15 is 0 Å². The van der Waals surface area contributed by atoms with Gasteiger partial charge in [-0.15, -0.1) is 24.0 Å².